The molecule has 1 aliphatic heterocycles. The van der Waals surface area contributed by atoms with Gasteiger partial charge in [0.05, 0.1) is 0 Å². The van der Waals surface area contributed by atoms with Crippen LogP contribution in [0.1, 0.15) is 22.3 Å². The minimum Gasteiger partial charge on any atom is -0.340 e. The van der Waals surface area contributed by atoms with E-state index in [0.29, 0.717) is 30.2 Å². The van der Waals surface area contributed by atoms with E-state index in [9.17, 15) is 14.0 Å². The summed E-state index contributed by atoms with van der Waals surface area (Å²) in [6.07, 6.45) is 0.244. The molecule has 148 valence electrons. The van der Waals surface area contributed by atoms with Crippen molar-refractivity contribution in [2.75, 3.05) is 32.7 Å². The summed E-state index contributed by atoms with van der Waals surface area (Å²) in [4.78, 5) is 28.9. The van der Waals surface area contributed by atoms with Gasteiger partial charge < -0.3 is 15.1 Å². The molecule has 28 heavy (non-hydrogen) atoms. The molecule has 0 bridgehead atoms. The summed E-state index contributed by atoms with van der Waals surface area (Å²) < 4.78 is 13.2. The van der Waals surface area contributed by atoms with Crippen LogP contribution in [-0.2, 0) is 11.3 Å². The molecule has 1 aliphatic rings. The van der Waals surface area contributed by atoms with Crippen LogP contribution in [0.5, 0.6) is 0 Å². The fraction of sp³-hybridized carbons (Fsp3) is 0.333. The second-order valence-electron chi connectivity index (χ2n) is 6.74. The summed E-state index contributed by atoms with van der Waals surface area (Å²) in [5.74, 6) is -0.505. The third-order valence-corrected chi connectivity index (χ3v) is 4.95. The lowest BCUT2D eigenvalue weighted by Gasteiger charge is -2.29. The normalized spacial score (nSPS) is 14.0. The molecule has 3 rings (SSSR count). The zero-order chi connectivity index (χ0) is 19.9. The molecule has 1 N–H and O–H groups in total. The van der Waals surface area contributed by atoms with Crippen molar-refractivity contribution in [2.45, 2.75) is 13.0 Å². The molecule has 2 aromatic carbocycles. The highest BCUT2D eigenvalue weighted by Gasteiger charge is 2.21. The lowest BCUT2D eigenvalue weighted by molar-refractivity contribution is -0.132. The number of nitrogens with one attached hydrogen (secondary N) is 1. The first-order valence-electron chi connectivity index (χ1n) is 9.31. The van der Waals surface area contributed by atoms with Crippen LogP contribution in [0.25, 0.3) is 0 Å². The van der Waals surface area contributed by atoms with E-state index in [-0.39, 0.29) is 30.6 Å². The number of carbonyl (C=O) groups excluding carboxylic acids is 2. The van der Waals surface area contributed by atoms with Crippen molar-refractivity contribution < 1.29 is 14.0 Å². The lowest BCUT2D eigenvalue weighted by atomic mass is 10.1. The van der Waals surface area contributed by atoms with Crippen molar-refractivity contribution in [3.05, 3.63) is 70.5 Å². The molecule has 0 aromatic heterocycles. The third-order valence-electron chi connectivity index (χ3n) is 4.71. The number of benzene rings is 2. The number of nitrogens with zero attached hydrogens (tertiary/aromatic N) is 2. The molecule has 0 radical (unpaired) electrons. The molecule has 2 aromatic rings. The maximum atomic E-state index is 13.2. The maximum Gasteiger partial charge on any atom is 0.254 e. The van der Waals surface area contributed by atoms with Crippen LogP contribution in [-0.4, -0.2) is 54.3 Å². The van der Waals surface area contributed by atoms with Crippen molar-refractivity contribution in [2.24, 2.45) is 0 Å². The molecule has 0 spiro atoms. The lowest BCUT2D eigenvalue weighted by Crippen LogP contribution is -2.47. The van der Waals surface area contributed by atoms with Gasteiger partial charge in [-0.15, -0.1) is 0 Å². The van der Waals surface area contributed by atoms with Crippen molar-refractivity contribution in [3.63, 3.8) is 0 Å². The van der Waals surface area contributed by atoms with E-state index >= 15 is 0 Å². The average molecular weight is 404 g/mol. The molecule has 2 amide bonds. The van der Waals surface area contributed by atoms with Crippen molar-refractivity contribution in [1.82, 2.24) is 15.1 Å². The first-order chi connectivity index (χ1) is 13.5. The van der Waals surface area contributed by atoms with Crippen molar-refractivity contribution in [1.29, 1.82) is 0 Å². The summed E-state index contributed by atoms with van der Waals surface area (Å²) in [6.45, 7) is 3.50. The van der Waals surface area contributed by atoms with E-state index < -0.39 is 0 Å². The minimum atomic E-state index is -0.328. The standard InChI is InChI=1S/C21H23ClFN3O2/c22-18-3-1-2-17(14-18)21(28)26(15-16-4-6-19(23)7-5-16)11-8-20(27)25-12-9-24-10-13-25/h1-7,14,24H,8-13,15H2. The number of carbonyl (C=O) groups is 2. The Morgan fingerprint density at radius 1 is 1.11 bits per heavy atom. The zero-order valence-electron chi connectivity index (χ0n) is 15.5. The fourth-order valence-corrected chi connectivity index (χ4v) is 3.36. The topological polar surface area (TPSA) is 52.7 Å². The number of amides is 2. The molecular weight excluding hydrogens is 381 g/mol. The molecule has 5 nitrogen and oxygen atoms in total. The first kappa shape index (κ1) is 20.3. The number of piperazine rings is 1. The van der Waals surface area contributed by atoms with Gasteiger partial charge in [-0.1, -0.05) is 29.8 Å². The SMILES string of the molecule is O=C(CCN(Cc1ccc(F)cc1)C(=O)c1cccc(Cl)c1)N1CCNCC1. The third kappa shape index (κ3) is 5.53. The van der Waals surface area contributed by atoms with Crippen LogP contribution in [0, 0.1) is 5.82 Å². The Morgan fingerprint density at radius 2 is 1.82 bits per heavy atom. The number of halogens is 2. The Bertz CT molecular complexity index is 823. The van der Waals surface area contributed by atoms with Crippen molar-refractivity contribution in [3.8, 4) is 0 Å². The summed E-state index contributed by atoms with van der Waals surface area (Å²) in [5.41, 5.74) is 1.26. The van der Waals surface area contributed by atoms with Gasteiger partial charge in [0.2, 0.25) is 5.91 Å². The zero-order valence-corrected chi connectivity index (χ0v) is 16.3. The van der Waals surface area contributed by atoms with E-state index in [1.54, 1.807) is 41.3 Å². The highest BCUT2D eigenvalue weighted by molar-refractivity contribution is 6.30. The van der Waals surface area contributed by atoms with Gasteiger partial charge in [0.1, 0.15) is 5.82 Å². The van der Waals surface area contributed by atoms with Gasteiger partial charge in [-0.25, -0.2) is 4.39 Å². The van der Waals surface area contributed by atoms with Crippen LogP contribution in [0.3, 0.4) is 0 Å². The summed E-state index contributed by atoms with van der Waals surface area (Å²) in [5, 5.41) is 3.69. The predicted octanol–water partition coefficient (Wildman–Crippen LogP) is 2.94. The largest absolute Gasteiger partial charge is 0.340 e. The summed E-state index contributed by atoms with van der Waals surface area (Å²) >= 11 is 6.02. The Labute approximate surface area is 169 Å². The van der Waals surface area contributed by atoms with Crippen LogP contribution in [0.4, 0.5) is 4.39 Å². The molecule has 1 fully saturated rings. The summed E-state index contributed by atoms with van der Waals surface area (Å²) in [6, 6.07) is 12.8. The molecule has 0 atom stereocenters. The van der Waals surface area contributed by atoms with E-state index in [1.165, 1.54) is 12.1 Å². The minimum absolute atomic E-state index is 0.0319. The maximum absolute atomic E-state index is 13.2. The first-order valence-corrected chi connectivity index (χ1v) is 9.68. The molecule has 0 unspecified atom stereocenters. The van der Waals surface area contributed by atoms with Gasteiger partial charge in [-0.05, 0) is 35.9 Å². The molecule has 1 heterocycles. The van der Waals surface area contributed by atoms with E-state index in [0.717, 1.165) is 18.7 Å². The van der Waals surface area contributed by atoms with Gasteiger partial charge in [0, 0.05) is 56.3 Å². The summed E-state index contributed by atoms with van der Waals surface area (Å²) in [7, 11) is 0. The second-order valence-corrected chi connectivity index (χ2v) is 7.18. The number of hydrogen-bond donors (Lipinski definition) is 1. The van der Waals surface area contributed by atoms with Crippen LogP contribution in [0.15, 0.2) is 48.5 Å². The van der Waals surface area contributed by atoms with Gasteiger partial charge in [0.15, 0.2) is 0 Å². The Kier molecular flexibility index (Phi) is 7.01. The van der Waals surface area contributed by atoms with Crippen LogP contribution >= 0.6 is 11.6 Å². The van der Waals surface area contributed by atoms with Gasteiger partial charge in [-0.2, -0.15) is 0 Å². The molecule has 1 saturated heterocycles. The highest BCUT2D eigenvalue weighted by atomic mass is 35.5. The fourth-order valence-electron chi connectivity index (χ4n) is 3.17. The predicted molar refractivity (Wildman–Crippen MR) is 107 cm³/mol. The molecular formula is C21H23ClFN3O2. The van der Waals surface area contributed by atoms with Gasteiger partial charge in [-0.3, -0.25) is 9.59 Å². The van der Waals surface area contributed by atoms with E-state index in [4.69, 9.17) is 11.6 Å². The number of rotatable bonds is 6. The monoisotopic (exact) mass is 403 g/mol. The van der Waals surface area contributed by atoms with Crippen molar-refractivity contribution >= 4 is 23.4 Å². The van der Waals surface area contributed by atoms with Gasteiger partial charge in [0.25, 0.3) is 5.91 Å². The Balaban J connectivity index is 1.72. The Hall–Kier alpha value is -2.44. The average Bonchev–Trinajstić information content (AvgIpc) is 2.72. The van der Waals surface area contributed by atoms with Gasteiger partial charge >= 0.3 is 0 Å². The Morgan fingerprint density at radius 3 is 2.50 bits per heavy atom. The highest BCUT2D eigenvalue weighted by Crippen LogP contribution is 2.16. The molecule has 7 heteroatoms. The quantitative estimate of drug-likeness (QED) is 0.806. The second kappa shape index (κ2) is 9.66. The van der Waals surface area contributed by atoms with Crippen LogP contribution < -0.4 is 5.32 Å². The van der Waals surface area contributed by atoms with E-state index in [1.807, 2.05) is 4.90 Å². The van der Waals surface area contributed by atoms with Crippen LogP contribution in [0.2, 0.25) is 5.02 Å². The molecule has 0 aliphatic carbocycles. The van der Waals surface area contributed by atoms with E-state index in [2.05, 4.69) is 5.32 Å². The number of hydrogen-bond acceptors (Lipinski definition) is 3. The smallest absolute Gasteiger partial charge is 0.254 e. The molecule has 0 saturated carbocycles.